The Kier molecular flexibility index (Phi) is 5.23. The van der Waals surface area contributed by atoms with E-state index >= 15 is 0 Å². The zero-order chi connectivity index (χ0) is 18.6. The molecule has 3 aromatic rings. The summed E-state index contributed by atoms with van der Waals surface area (Å²) in [5.41, 5.74) is 3.97. The molecule has 4 heteroatoms. The van der Waals surface area contributed by atoms with Gasteiger partial charge in [0.2, 0.25) is 0 Å². The second-order valence-corrected chi connectivity index (χ2v) is 7.18. The van der Waals surface area contributed by atoms with Gasteiger partial charge in [0.05, 0.1) is 5.69 Å². The lowest BCUT2D eigenvalue weighted by Crippen LogP contribution is -2.28. The van der Waals surface area contributed by atoms with Crippen LogP contribution in [-0.4, -0.2) is 28.1 Å². The molecule has 136 valence electrons. The van der Waals surface area contributed by atoms with E-state index in [-0.39, 0.29) is 5.75 Å². The molecule has 0 saturated heterocycles. The highest BCUT2D eigenvalue weighted by Gasteiger charge is 2.12. The van der Waals surface area contributed by atoms with Gasteiger partial charge in [0.15, 0.2) is 0 Å². The number of hydrogen-bond donors (Lipinski definition) is 1. The van der Waals surface area contributed by atoms with Crippen molar-refractivity contribution in [1.82, 2.24) is 9.88 Å². The summed E-state index contributed by atoms with van der Waals surface area (Å²) in [4.78, 5) is 6.94. The van der Waals surface area contributed by atoms with Gasteiger partial charge in [-0.3, -0.25) is 4.90 Å². The van der Waals surface area contributed by atoms with Gasteiger partial charge in [0.25, 0.3) is 0 Å². The number of hydrogen-bond acceptors (Lipinski definition) is 3. The first-order chi connectivity index (χ1) is 13.2. The van der Waals surface area contributed by atoms with E-state index in [4.69, 9.17) is 11.6 Å². The first-order valence-electron chi connectivity index (χ1n) is 9.11. The van der Waals surface area contributed by atoms with Crippen molar-refractivity contribution >= 4 is 28.6 Å². The second-order valence-electron chi connectivity index (χ2n) is 6.77. The van der Waals surface area contributed by atoms with Crippen molar-refractivity contribution in [2.75, 3.05) is 13.1 Å². The molecule has 1 aromatic heterocycles. The normalized spacial score (nSPS) is 15.4. The molecular weight excluding hydrogens is 356 g/mol. The number of fused-ring (bicyclic) bond motifs is 1. The Morgan fingerprint density at radius 1 is 1.04 bits per heavy atom. The molecule has 0 bridgehead atoms. The first-order valence-corrected chi connectivity index (χ1v) is 9.48. The van der Waals surface area contributed by atoms with Crippen molar-refractivity contribution in [2.24, 2.45) is 0 Å². The van der Waals surface area contributed by atoms with E-state index in [2.05, 4.69) is 28.1 Å². The van der Waals surface area contributed by atoms with Crippen LogP contribution in [0.2, 0.25) is 5.02 Å². The lowest BCUT2D eigenvalue weighted by molar-refractivity contribution is 0.287. The number of aromatic nitrogens is 1. The van der Waals surface area contributed by atoms with Gasteiger partial charge in [-0.1, -0.05) is 60.2 Å². The SMILES string of the molecule is Oc1cccc2ccc(C=CC3=CCN(Cc4ccccc4Cl)CC3)nc12. The van der Waals surface area contributed by atoms with Gasteiger partial charge < -0.3 is 5.11 Å². The predicted molar refractivity (Wildman–Crippen MR) is 112 cm³/mol. The van der Waals surface area contributed by atoms with Gasteiger partial charge in [-0.15, -0.1) is 0 Å². The Hall–Kier alpha value is -2.62. The Labute approximate surface area is 164 Å². The quantitative estimate of drug-likeness (QED) is 0.658. The number of phenols is 1. The molecule has 0 atom stereocenters. The van der Waals surface area contributed by atoms with Crippen LogP contribution in [0.4, 0.5) is 0 Å². The maximum Gasteiger partial charge on any atom is 0.141 e. The Balaban J connectivity index is 1.42. The van der Waals surface area contributed by atoms with Crippen LogP contribution in [-0.2, 0) is 6.54 Å². The third-order valence-corrected chi connectivity index (χ3v) is 5.24. The number of pyridine rings is 1. The minimum Gasteiger partial charge on any atom is -0.506 e. The van der Waals surface area contributed by atoms with E-state index < -0.39 is 0 Å². The summed E-state index contributed by atoms with van der Waals surface area (Å²) in [6.07, 6.45) is 7.40. The highest BCUT2D eigenvalue weighted by Crippen LogP contribution is 2.23. The van der Waals surface area contributed by atoms with Crippen LogP contribution in [0.25, 0.3) is 17.0 Å². The first kappa shape index (κ1) is 17.8. The van der Waals surface area contributed by atoms with Gasteiger partial charge in [0, 0.05) is 30.0 Å². The fourth-order valence-electron chi connectivity index (χ4n) is 3.32. The Bertz CT molecular complexity index is 1030. The van der Waals surface area contributed by atoms with Crippen LogP contribution in [0.15, 0.2) is 72.3 Å². The van der Waals surface area contributed by atoms with Gasteiger partial charge in [0.1, 0.15) is 11.3 Å². The Morgan fingerprint density at radius 3 is 2.74 bits per heavy atom. The molecule has 2 heterocycles. The minimum absolute atomic E-state index is 0.217. The molecule has 0 radical (unpaired) electrons. The smallest absolute Gasteiger partial charge is 0.141 e. The lowest BCUT2D eigenvalue weighted by atomic mass is 10.1. The molecular formula is C23H21ClN2O. The van der Waals surface area contributed by atoms with Gasteiger partial charge >= 0.3 is 0 Å². The lowest BCUT2D eigenvalue weighted by Gasteiger charge is -2.25. The van der Waals surface area contributed by atoms with Crippen molar-refractivity contribution in [3.05, 3.63) is 88.6 Å². The molecule has 0 saturated carbocycles. The molecule has 1 aliphatic heterocycles. The second kappa shape index (κ2) is 7.95. The fourth-order valence-corrected chi connectivity index (χ4v) is 3.52. The number of nitrogens with zero attached hydrogens (tertiary/aromatic N) is 2. The Morgan fingerprint density at radius 2 is 1.93 bits per heavy atom. The third-order valence-electron chi connectivity index (χ3n) is 4.87. The van der Waals surface area contributed by atoms with E-state index in [1.54, 1.807) is 6.07 Å². The van der Waals surface area contributed by atoms with Crippen LogP contribution in [0, 0.1) is 0 Å². The molecule has 4 rings (SSSR count). The van der Waals surface area contributed by atoms with Gasteiger partial charge in [-0.05, 0) is 41.8 Å². The van der Waals surface area contributed by atoms with Crippen molar-refractivity contribution in [3.8, 4) is 5.75 Å². The topological polar surface area (TPSA) is 36.4 Å². The van der Waals surface area contributed by atoms with E-state index in [9.17, 15) is 5.11 Å². The standard InChI is InChI=1S/C23H21ClN2O/c24-21-6-2-1-4-19(21)16-26-14-12-17(13-15-26)8-10-20-11-9-18-5-3-7-22(27)23(18)25-20/h1-12,27H,13-16H2. The van der Waals surface area contributed by atoms with Gasteiger partial charge in [-0.25, -0.2) is 4.98 Å². The van der Waals surface area contributed by atoms with Crippen LogP contribution < -0.4 is 0 Å². The number of para-hydroxylation sites is 1. The maximum absolute atomic E-state index is 9.97. The molecule has 27 heavy (non-hydrogen) atoms. The predicted octanol–water partition coefficient (Wildman–Crippen LogP) is 5.44. The highest BCUT2D eigenvalue weighted by atomic mass is 35.5. The average molecular weight is 377 g/mol. The third kappa shape index (κ3) is 4.21. The molecule has 0 spiro atoms. The monoisotopic (exact) mass is 376 g/mol. The summed E-state index contributed by atoms with van der Waals surface area (Å²) in [6, 6.07) is 17.4. The molecule has 2 aromatic carbocycles. The van der Waals surface area contributed by atoms with Crippen LogP contribution in [0.1, 0.15) is 17.7 Å². The van der Waals surface area contributed by atoms with E-state index in [1.807, 2.05) is 48.5 Å². The zero-order valence-electron chi connectivity index (χ0n) is 15.0. The summed E-state index contributed by atoms with van der Waals surface area (Å²) >= 11 is 6.26. The van der Waals surface area contributed by atoms with Crippen LogP contribution >= 0.6 is 11.6 Å². The summed E-state index contributed by atoms with van der Waals surface area (Å²) < 4.78 is 0. The van der Waals surface area contributed by atoms with Crippen LogP contribution in [0.3, 0.4) is 0 Å². The summed E-state index contributed by atoms with van der Waals surface area (Å²) in [5.74, 6) is 0.217. The molecule has 0 aliphatic carbocycles. The van der Waals surface area contributed by atoms with Gasteiger partial charge in [-0.2, -0.15) is 0 Å². The molecule has 1 aliphatic rings. The van der Waals surface area contributed by atoms with E-state index in [0.29, 0.717) is 5.52 Å². The van der Waals surface area contributed by atoms with Crippen molar-refractivity contribution in [2.45, 2.75) is 13.0 Å². The van der Waals surface area contributed by atoms with E-state index in [0.717, 1.165) is 42.2 Å². The molecule has 3 nitrogen and oxygen atoms in total. The number of aromatic hydroxyl groups is 1. The summed E-state index contributed by atoms with van der Waals surface area (Å²) in [5, 5.41) is 11.7. The largest absolute Gasteiger partial charge is 0.506 e. The minimum atomic E-state index is 0.217. The number of allylic oxidation sites excluding steroid dienone is 1. The van der Waals surface area contributed by atoms with Crippen LogP contribution in [0.5, 0.6) is 5.75 Å². The molecule has 0 unspecified atom stereocenters. The number of benzene rings is 2. The molecule has 1 N–H and O–H groups in total. The van der Waals surface area contributed by atoms with Crippen molar-refractivity contribution in [3.63, 3.8) is 0 Å². The summed E-state index contributed by atoms with van der Waals surface area (Å²) in [6.45, 7) is 2.79. The van der Waals surface area contributed by atoms with Crippen molar-refractivity contribution < 1.29 is 5.11 Å². The average Bonchev–Trinajstić information content (AvgIpc) is 2.70. The highest BCUT2D eigenvalue weighted by molar-refractivity contribution is 6.31. The zero-order valence-corrected chi connectivity index (χ0v) is 15.7. The fraction of sp³-hybridized carbons (Fsp3) is 0.174. The number of halogens is 1. The van der Waals surface area contributed by atoms with E-state index in [1.165, 1.54) is 11.1 Å². The molecule has 0 amide bonds. The van der Waals surface area contributed by atoms with Crippen molar-refractivity contribution in [1.29, 1.82) is 0 Å². The molecule has 0 fully saturated rings. The summed E-state index contributed by atoms with van der Waals surface area (Å²) in [7, 11) is 0. The number of phenolic OH excluding ortho intramolecular Hbond substituents is 1. The maximum atomic E-state index is 9.97. The number of rotatable bonds is 4.